The lowest BCUT2D eigenvalue weighted by Gasteiger charge is -2.18. The highest BCUT2D eigenvalue weighted by Gasteiger charge is 2.32. The predicted molar refractivity (Wildman–Crippen MR) is 119 cm³/mol. The van der Waals surface area contributed by atoms with Crippen molar-refractivity contribution in [2.75, 3.05) is 11.9 Å². The van der Waals surface area contributed by atoms with E-state index in [-0.39, 0.29) is 39.9 Å². The van der Waals surface area contributed by atoms with Gasteiger partial charge in [-0.25, -0.2) is 15.0 Å². The Kier molecular flexibility index (Phi) is 7.26. The van der Waals surface area contributed by atoms with Gasteiger partial charge in [-0.3, -0.25) is 14.9 Å². The number of aromatic nitrogens is 3. The van der Waals surface area contributed by atoms with Crippen molar-refractivity contribution in [3.63, 3.8) is 0 Å². The number of hydrogen-bond donors (Lipinski definition) is 2. The van der Waals surface area contributed by atoms with Crippen LogP contribution in [0.4, 0.5) is 14.7 Å². The van der Waals surface area contributed by atoms with E-state index >= 15 is 0 Å². The van der Waals surface area contributed by atoms with Crippen molar-refractivity contribution in [2.45, 2.75) is 45.6 Å². The van der Waals surface area contributed by atoms with E-state index in [2.05, 4.69) is 32.2 Å². The van der Waals surface area contributed by atoms with Crippen LogP contribution in [0.3, 0.4) is 0 Å². The van der Waals surface area contributed by atoms with Crippen molar-refractivity contribution in [1.82, 2.24) is 20.3 Å². The molecule has 0 bridgehead atoms. The van der Waals surface area contributed by atoms with Crippen LogP contribution in [0, 0.1) is 12.8 Å². The molecule has 33 heavy (non-hydrogen) atoms. The van der Waals surface area contributed by atoms with Gasteiger partial charge in [-0.15, -0.1) is 0 Å². The minimum Gasteiger partial charge on any atom is -0.470 e. The number of carbonyl (C=O) groups excluding carboxylic acids is 2. The van der Waals surface area contributed by atoms with Gasteiger partial charge in [0.05, 0.1) is 6.04 Å². The second-order valence-corrected chi connectivity index (χ2v) is 8.41. The first kappa shape index (κ1) is 24.5. The van der Waals surface area contributed by atoms with Crippen LogP contribution in [0.5, 0.6) is 5.88 Å². The van der Waals surface area contributed by atoms with Crippen LogP contribution in [0.2, 0.25) is 5.02 Å². The van der Waals surface area contributed by atoms with Gasteiger partial charge < -0.3 is 10.1 Å². The molecule has 2 N–H and O–H groups in total. The maximum atomic E-state index is 13.7. The average Bonchev–Trinajstić information content (AvgIpc) is 3.57. The van der Waals surface area contributed by atoms with Crippen LogP contribution in [0.15, 0.2) is 30.5 Å². The molecule has 1 aliphatic carbocycles. The first-order valence-corrected chi connectivity index (χ1v) is 10.6. The molecular weight excluding hydrogens is 456 g/mol. The molecule has 0 aliphatic heterocycles. The zero-order valence-corrected chi connectivity index (χ0v) is 19.2. The Morgan fingerprint density at radius 2 is 2.03 bits per heavy atom. The van der Waals surface area contributed by atoms with Crippen molar-refractivity contribution in [3.8, 4) is 5.88 Å². The van der Waals surface area contributed by atoms with Gasteiger partial charge in [0.25, 0.3) is 5.91 Å². The monoisotopic (exact) mass is 479 g/mol. The van der Waals surface area contributed by atoms with Gasteiger partial charge in [0.2, 0.25) is 17.7 Å². The Morgan fingerprint density at radius 3 is 2.64 bits per heavy atom. The third-order valence-corrected chi connectivity index (χ3v) is 5.23. The number of rotatable bonds is 9. The van der Waals surface area contributed by atoms with Crippen LogP contribution in [-0.2, 0) is 4.79 Å². The van der Waals surface area contributed by atoms with Gasteiger partial charge in [-0.05, 0) is 56.9 Å². The van der Waals surface area contributed by atoms with Crippen LogP contribution in [0.25, 0.3) is 0 Å². The second-order valence-electron chi connectivity index (χ2n) is 8.01. The number of nitrogens with zero attached hydrogens (tertiary/aromatic N) is 3. The Bertz CT molecular complexity index is 1090. The number of aryl methyl sites for hydroxylation is 1. The summed E-state index contributed by atoms with van der Waals surface area (Å²) in [4.78, 5) is 36.9. The maximum absolute atomic E-state index is 13.7. The molecule has 2 aromatic rings. The average molecular weight is 480 g/mol. The van der Waals surface area contributed by atoms with Crippen LogP contribution in [-0.4, -0.2) is 39.3 Å². The largest absolute Gasteiger partial charge is 0.470 e. The van der Waals surface area contributed by atoms with E-state index in [1.165, 1.54) is 25.3 Å². The number of nitrogens with one attached hydrogen (secondary N) is 2. The number of ether oxygens (including phenoxy) is 1. The molecule has 8 nitrogen and oxygen atoms in total. The van der Waals surface area contributed by atoms with Crippen molar-refractivity contribution >= 4 is 29.4 Å². The fraction of sp³-hybridized carbons (Fsp3) is 0.409. The quantitative estimate of drug-likeness (QED) is 0.520. The summed E-state index contributed by atoms with van der Waals surface area (Å²) >= 11 is 6.13. The summed E-state index contributed by atoms with van der Waals surface area (Å²) in [5.41, 5.74) is 0.801. The lowest BCUT2D eigenvalue weighted by molar-refractivity contribution is -0.117. The molecule has 2 amide bonds. The van der Waals surface area contributed by atoms with Gasteiger partial charge in [-0.1, -0.05) is 18.2 Å². The summed E-state index contributed by atoms with van der Waals surface area (Å²) < 4.78 is 32.4. The van der Waals surface area contributed by atoms with Crippen molar-refractivity contribution in [3.05, 3.63) is 52.5 Å². The highest BCUT2D eigenvalue weighted by atomic mass is 35.5. The van der Waals surface area contributed by atoms with Gasteiger partial charge in [0, 0.05) is 17.8 Å². The minimum atomic E-state index is -3.21. The predicted octanol–water partition coefficient (Wildman–Crippen LogP) is 4.26. The SMILES string of the molecule is C=C(C)C(F)(F)COc1ncc(C(C)NC(=O)c2cc(C)nc(NC(=O)C3CC3)n2)cc1Cl. The van der Waals surface area contributed by atoms with E-state index < -0.39 is 24.5 Å². The fourth-order valence-corrected chi connectivity index (χ4v) is 2.95. The normalized spacial score (nSPS) is 14.4. The highest BCUT2D eigenvalue weighted by Crippen LogP contribution is 2.30. The standard InChI is InChI=1S/C22H24ClF2N5O3/c1-11(2)22(24,25)10-33-20-16(23)8-15(9-26-20)13(4)28-19(32)17-7-12(3)27-21(29-17)30-18(31)14-5-6-14/h7-9,13-14H,1,5-6,10H2,2-4H3,(H,28,32)(H,27,29,30,31). The highest BCUT2D eigenvalue weighted by molar-refractivity contribution is 6.31. The lowest BCUT2D eigenvalue weighted by atomic mass is 10.1. The maximum Gasteiger partial charge on any atom is 0.302 e. The fourth-order valence-electron chi connectivity index (χ4n) is 2.72. The third kappa shape index (κ3) is 6.44. The van der Waals surface area contributed by atoms with Crippen molar-refractivity contribution in [1.29, 1.82) is 0 Å². The molecule has 1 atom stereocenters. The summed E-state index contributed by atoms with van der Waals surface area (Å²) in [5.74, 6) is -3.97. The molecule has 3 rings (SSSR count). The smallest absolute Gasteiger partial charge is 0.302 e. The molecule has 2 aromatic heterocycles. The molecule has 0 saturated heterocycles. The first-order chi connectivity index (χ1) is 15.5. The van der Waals surface area contributed by atoms with E-state index in [4.69, 9.17) is 16.3 Å². The Balaban J connectivity index is 1.65. The molecule has 2 heterocycles. The number of carbonyl (C=O) groups is 2. The summed E-state index contributed by atoms with van der Waals surface area (Å²) in [6.45, 7) is 6.89. The van der Waals surface area contributed by atoms with E-state index in [1.54, 1.807) is 13.8 Å². The Morgan fingerprint density at radius 1 is 1.33 bits per heavy atom. The lowest BCUT2D eigenvalue weighted by Crippen LogP contribution is -2.28. The molecule has 0 aromatic carbocycles. The van der Waals surface area contributed by atoms with E-state index in [1.807, 2.05) is 0 Å². The molecule has 1 unspecified atom stereocenters. The number of halogens is 3. The number of anilines is 1. The topological polar surface area (TPSA) is 106 Å². The third-order valence-electron chi connectivity index (χ3n) is 4.96. The summed E-state index contributed by atoms with van der Waals surface area (Å²) in [7, 11) is 0. The second kappa shape index (κ2) is 9.78. The molecule has 1 saturated carbocycles. The van der Waals surface area contributed by atoms with E-state index in [0.717, 1.165) is 12.8 Å². The van der Waals surface area contributed by atoms with Gasteiger partial charge in [0.1, 0.15) is 10.7 Å². The molecule has 0 radical (unpaired) electrons. The first-order valence-electron chi connectivity index (χ1n) is 10.3. The summed E-state index contributed by atoms with van der Waals surface area (Å²) in [5, 5.41) is 5.41. The molecule has 0 spiro atoms. The minimum absolute atomic E-state index is 0.0223. The Labute approximate surface area is 194 Å². The van der Waals surface area contributed by atoms with Crippen LogP contribution < -0.4 is 15.4 Å². The number of amides is 2. The molecular formula is C22H24ClF2N5O3. The summed E-state index contributed by atoms with van der Waals surface area (Å²) in [6.07, 6.45) is 3.04. The van der Waals surface area contributed by atoms with Crippen LogP contribution >= 0.6 is 11.6 Å². The number of alkyl halides is 2. The number of hydrogen-bond acceptors (Lipinski definition) is 6. The molecule has 1 aliphatic rings. The number of pyridine rings is 1. The van der Waals surface area contributed by atoms with Crippen molar-refractivity contribution < 1.29 is 23.1 Å². The van der Waals surface area contributed by atoms with Crippen molar-refractivity contribution in [2.24, 2.45) is 5.92 Å². The van der Waals surface area contributed by atoms with Gasteiger partial charge in [-0.2, -0.15) is 8.78 Å². The Hall–Kier alpha value is -3.14. The van der Waals surface area contributed by atoms with E-state index in [0.29, 0.717) is 11.3 Å². The zero-order valence-electron chi connectivity index (χ0n) is 18.4. The van der Waals surface area contributed by atoms with Gasteiger partial charge >= 0.3 is 5.92 Å². The van der Waals surface area contributed by atoms with Gasteiger partial charge in [0.15, 0.2) is 6.61 Å². The molecule has 176 valence electrons. The summed E-state index contributed by atoms with van der Waals surface area (Å²) in [6, 6.07) is 2.44. The van der Waals surface area contributed by atoms with E-state index in [9.17, 15) is 18.4 Å². The molecule has 11 heteroatoms. The van der Waals surface area contributed by atoms with Crippen LogP contribution in [0.1, 0.15) is 54.5 Å². The zero-order chi connectivity index (χ0) is 24.3. The molecule has 1 fully saturated rings.